The Morgan fingerprint density at radius 2 is 1.95 bits per heavy atom. The van der Waals surface area contributed by atoms with Crippen LogP contribution in [-0.2, 0) is 19.3 Å². The molecule has 0 aliphatic heterocycles. The topological polar surface area (TPSA) is 0 Å². The molecular weight excluding hydrogens is 342 g/mol. The smallest absolute Gasteiger partial charge is 0.129 e. The normalized spacial score (nSPS) is 15.9. The number of hydrogen-bond donors (Lipinski definition) is 0. The highest BCUT2D eigenvalue weighted by Gasteiger charge is 2.19. The zero-order valence-corrected chi connectivity index (χ0v) is 13.4. The molecule has 0 fully saturated rings. The maximum Gasteiger partial charge on any atom is 0.129 e. The van der Waals surface area contributed by atoms with E-state index in [1.165, 1.54) is 46.7 Å². The van der Waals surface area contributed by atoms with Crippen molar-refractivity contribution in [2.24, 2.45) is 0 Å². The van der Waals surface area contributed by atoms with E-state index in [-0.39, 0.29) is 4.83 Å². The quantitative estimate of drug-likeness (QED) is 0.629. The van der Waals surface area contributed by atoms with Crippen molar-refractivity contribution in [2.45, 2.75) is 36.9 Å². The van der Waals surface area contributed by atoms with Gasteiger partial charge in [-0.1, -0.05) is 22.0 Å². The first-order chi connectivity index (χ1) is 9.63. The van der Waals surface area contributed by atoms with E-state index in [0.717, 1.165) is 12.5 Å². The summed E-state index contributed by atoms with van der Waals surface area (Å²) in [6, 6.07) is 6.05. The lowest BCUT2D eigenvalue weighted by molar-refractivity contribution is 0.571. The molecule has 1 aliphatic carbocycles. The highest BCUT2D eigenvalue weighted by atomic mass is 79.9. The second-order valence-corrected chi connectivity index (χ2v) is 7.49. The first-order valence-electron chi connectivity index (χ1n) is 6.83. The molecule has 0 saturated heterocycles. The van der Waals surface area contributed by atoms with Gasteiger partial charge in [0, 0.05) is 15.8 Å². The Hall–Kier alpha value is -0.740. The van der Waals surface area contributed by atoms with Crippen molar-refractivity contribution in [3.8, 4) is 0 Å². The second-order valence-electron chi connectivity index (χ2n) is 5.21. The van der Waals surface area contributed by atoms with Crippen LogP contribution in [0.5, 0.6) is 0 Å². The van der Waals surface area contributed by atoms with Gasteiger partial charge in [0.1, 0.15) is 11.6 Å². The largest absolute Gasteiger partial charge is 0.207 e. The molecule has 1 aromatic carbocycles. The lowest BCUT2D eigenvalue weighted by atomic mass is 9.99. The monoisotopic (exact) mass is 356 g/mol. The van der Waals surface area contributed by atoms with Crippen LogP contribution in [-0.4, -0.2) is 0 Å². The van der Waals surface area contributed by atoms with Crippen molar-refractivity contribution in [2.75, 3.05) is 0 Å². The lowest BCUT2D eigenvalue weighted by Crippen LogP contribution is -1.97. The van der Waals surface area contributed by atoms with Crippen LogP contribution < -0.4 is 0 Å². The first kappa shape index (κ1) is 14.2. The third-order valence-corrected chi connectivity index (χ3v) is 6.21. The Morgan fingerprint density at radius 1 is 1.15 bits per heavy atom. The van der Waals surface area contributed by atoms with Crippen LogP contribution in [0.25, 0.3) is 0 Å². The zero-order chi connectivity index (χ0) is 14.1. The van der Waals surface area contributed by atoms with Gasteiger partial charge >= 0.3 is 0 Å². The Labute approximate surface area is 130 Å². The fourth-order valence-electron chi connectivity index (χ4n) is 2.65. The summed E-state index contributed by atoms with van der Waals surface area (Å²) in [6.07, 6.45) is 5.42. The van der Waals surface area contributed by atoms with E-state index >= 15 is 0 Å². The van der Waals surface area contributed by atoms with E-state index in [2.05, 4.69) is 22.0 Å². The number of halogens is 3. The second kappa shape index (κ2) is 5.94. The maximum atomic E-state index is 13.7. The Balaban J connectivity index is 1.78. The highest BCUT2D eigenvalue weighted by Crippen LogP contribution is 2.38. The van der Waals surface area contributed by atoms with Gasteiger partial charge in [-0.3, -0.25) is 0 Å². The maximum absolute atomic E-state index is 13.7. The first-order valence-corrected chi connectivity index (χ1v) is 8.56. The summed E-state index contributed by atoms with van der Waals surface area (Å²) in [5.41, 5.74) is 2.01. The molecule has 1 atom stereocenters. The molecule has 0 radical (unpaired) electrons. The van der Waals surface area contributed by atoms with Crippen molar-refractivity contribution in [3.05, 3.63) is 56.8 Å². The fourth-order valence-corrected chi connectivity index (χ4v) is 4.65. The molecule has 1 unspecified atom stereocenters. The molecule has 0 N–H and O–H groups in total. The van der Waals surface area contributed by atoms with Crippen molar-refractivity contribution in [3.63, 3.8) is 0 Å². The SMILES string of the molecule is Fc1ccc(CC(Br)c2cc3c(s2)CCCC3)c(F)c1. The summed E-state index contributed by atoms with van der Waals surface area (Å²) in [5.74, 6) is -0.986. The van der Waals surface area contributed by atoms with Crippen LogP contribution in [0.3, 0.4) is 0 Å². The summed E-state index contributed by atoms with van der Waals surface area (Å²) >= 11 is 5.48. The van der Waals surface area contributed by atoms with Crippen molar-refractivity contribution < 1.29 is 8.78 Å². The van der Waals surface area contributed by atoms with Gasteiger partial charge in [0.2, 0.25) is 0 Å². The Morgan fingerprint density at radius 3 is 2.70 bits per heavy atom. The fraction of sp³-hybridized carbons (Fsp3) is 0.375. The molecule has 3 rings (SSSR count). The zero-order valence-electron chi connectivity index (χ0n) is 11.0. The Kier molecular flexibility index (Phi) is 4.22. The van der Waals surface area contributed by atoms with E-state index in [4.69, 9.17) is 0 Å². The molecule has 0 spiro atoms. The lowest BCUT2D eigenvalue weighted by Gasteiger charge is -2.08. The average molecular weight is 357 g/mol. The van der Waals surface area contributed by atoms with Crippen LogP contribution >= 0.6 is 27.3 Å². The number of aryl methyl sites for hydroxylation is 2. The number of fused-ring (bicyclic) bond motifs is 1. The molecule has 0 amide bonds. The molecule has 0 bridgehead atoms. The highest BCUT2D eigenvalue weighted by molar-refractivity contribution is 9.09. The predicted octanol–water partition coefficient (Wildman–Crippen LogP) is 5.58. The van der Waals surface area contributed by atoms with Gasteiger partial charge in [-0.05, 0) is 55.4 Å². The minimum Gasteiger partial charge on any atom is -0.207 e. The van der Waals surface area contributed by atoms with E-state index in [1.54, 1.807) is 0 Å². The number of hydrogen-bond acceptors (Lipinski definition) is 1. The van der Waals surface area contributed by atoms with Gasteiger partial charge in [0.15, 0.2) is 0 Å². The third-order valence-electron chi connectivity index (χ3n) is 3.74. The summed E-state index contributed by atoms with van der Waals surface area (Å²) in [7, 11) is 0. The van der Waals surface area contributed by atoms with Crippen molar-refractivity contribution >= 4 is 27.3 Å². The van der Waals surface area contributed by atoms with Gasteiger partial charge in [0.05, 0.1) is 4.83 Å². The van der Waals surface area contributed by atoms with Gasteiger partial charge < -0.3 is 0 Å². The summed E-state index contributed by atoms with van der Waals surface area (Å²) < 4.78 is 26.6. The van der Waals surface area contributed by atoms with Crippen LogP contribution in [0.15, 0.2) is 24.3 Å². The number of benzene rings is 1. The molecule has 1 aliphatic rings. The minimum absolute atomic E-state index is 0.0954. The summed E-state index contributed by atoms with van der Waals surface area (Å²) in [5, 5.41) is 0. The molecule has 2 aromatic rings. The number of alkyl halides is 1. The molecule has 1 aromatic heterocycles. The van der Waals surface area contributed by atoms with Crippen LogP contribution in [0.1, 0.15) is 38.6 Å². The van der Waals surface area contributed by atoms with Gasteiger partial charge in [-0.15, -0.1) is 11.3 Å². The minimum atomic E-state index is -0.524. The van der Waals surface area contributed by atoms with Crippen LogP contribution in [0.2, 0.25) is 0 Å². The van der Waals surface area contributed by atoms with Crippen LogP contribution in [0, 0.1) is 11.6 Å². The summed E-state index contributed by atoms with van der Waals surface area (Å²) in [4.78, 5) is 2.83. The standard InChI is InChI=1S/C16H15BrF2S/c17-13(7-10-5-6-12(18)9-14(10)19)16-8-11-3-1-2-4-15(11)20-16/h5-6,8-9,13H,1-4,7H2. The summed E-state index contributed by atoms with van der Waals surface area (Å²) in [6.45, 7) is 0. The molecule has 0 nitrogen and oxygen atoms in total. The molecule has 1 heterocycles. The van der Waals surface area contributed by atoms with E-state index in [0.29, 0.717) is 12.0 Å². The van der Waals surface area contributed by atoms with Crippen molar-refractivity contribution in [1.82, 2.24) is 0 Å². The predicted molar refractivity (Wildman–Crippen MR) is 82.7 cm³/mol. The van der Waals surface area contributed by atoms with Gasteiger partial charge in [-0.25, -0.2) is 8.78 Å². The van der Waals surface area contributed by atoms with Crippen LogP contribution in [0.4, 0.5) is 8.78 Å². The van der Waals surface area contributed by atoms with E-state index in [1.807, 2.05) is 11.3 Å². The van der Waals surface area contributed by atoms with E-state index < -0.39 is 11.6 Å². The molecular formula is C16H15BrF2S. The van der Waals surface area contributed by atoms with Gasteiger partial charge in [-0.2, -0.15) is 0 Å². The molecule has 106 valence electrons. The average Bonchev–Trinajstić information content (AvgIpc) is 2.86. The number of rotatable bonds is 3. The third kappa shape index (κ3) is 2.96. The van der Waals surface area contributed by atoms with Gasteiger partial charge in [0.25, 0.3) is 0 Å². The molecule has 20 heavy (non-hydrogen) atoms. The number of thiophene rings is 1. The van der Waals surface area contributed by atoms with Crippen molar-refractivity contribution in [1.29, 1.82) is 0 Å². The Bertz CT molecular complexity index is 597. The molecule has 0 saturated carbocycles. The van der Waals surface area contributed by atoms with E-state index in [9.17, 15) is 8.78 Å². The molecule has 4 heteroatoms.